The summed E-state index contributed by atoms with van der Waals surface area (Å²) < 4.78 is 11.0. The zero-order valence-electron chi connectivity index (χ0n) is 9.95. The Balaban J connectivity index is 2.25. The Morgan fingerprint density at radius 2 is 2.27 bits per heavy atom. The molecule has 3 nitrogen and oxygen atoms in total. The molecule has 0 saturated carbocycles. The fraction of sp³-hybridized carbons (Fsp3) is 0.818. The lowest BCUT2D eigenvalue weighted by Gasteiger charge is -2.22. The maximum Gasteiger partial charge on any atom is 0.209 e. The molecule has 0 spiro atoms. The third kappa shape index (κ3) is 4.93. The van der Waals surface area contributed by atoms with E-state index in [1.165, 1.54) is 6.42 Å². The van der Waals surface area contributed by atoms with Crippen LogP contribution in [0.5, 0.6) is 0 Å². The number of hydrogen-bond acceptors (Lipinski definition) is 3. The Hall–Kier alpha value is -0.163. The Morgan fingerprint density at radius 3 is 2.80 bits per heavy atom. The fourth-order valence-electron chi connectivity index (χ4n) is 1.37. The van der Waals surface area contributed by atoms with Crippen molar-refractivity contribution in [2.45, 2.75) is 45.6 Å². The van der Waals surface area contributed by atoms with Gasteiger partial charge in [-0.2, -0.15) is 0 Å². The van der Waals surface area contributed by atoms with Crippen LogP contribution < -0.4 is 0 Å². The summed E-state index contributed by atoms with van der Waals surface area (Å²) in [7, 11) is -2.11. The van der Waals surface area contributed by atoms with Crippen LogP contribution >= 0.6 is 0 Å². The molecule has 0 bridgehead atoms. The molecule has 1 fully saturated rings. The monoisotopic (exact) mass is 230 g/mol. The van der Waals surface area contributed by atoms with Crippen LogP contribution in [-0.2, 0) is 9.47 Å². The minimum absolute atomic E-state index is 0.0359. The lowest BCUT2D eigenvalue weighted by atomic mass is 10.2. The molecule has 1 aliphatic heterocycles. The van der Waals surface area contributed by atoms with Crippen LogP contribution in [0.3, 0.4) is 0 Å². The van der Waals surface area contributed by atoms with E-state index in [0.29, 0.717) is 6.61 Å². The Bertz CT molecular complexity index is 214. The van der Waals surface area contributed by atoms with Crippen LogP contribution in [0.2, 0.25) is 13.1 Å². The number of allylic oxidation sites excluding steroid dienone is 1. The van der Waals surface area contributed by atoms with Crippen molar-refractivity contribution in [3.05, 3.63) is 11.3 Å². The van der Waals surface area contributed by atoms with Gasteiger partial charge in [0.05, 0.1) is 6.61 Å². The van der Waals surface area contributed by atoms with E-state index in [1.54, 1.807) is 0 Å². The quantitative estimate of drug-likeness (QED) is 0.753. The summed E-state index contributed by atoms with van der Waals surface area (Å²) in [6.45, 7) is 7.16. The van der Waals surface area contributed by atoms with E-state index in [0.717, 1.165) is 24.6 Å². The Labute approximate surface area is 93.2 Å². The molecular weight excluding hydrogens is 208 g/mol. The average Bonchev–Trinajstić information content (AvgIpc) is 2.18. The molecule has 4 heteroatoms. The van der Waals surface area contributed by atoms with Gasteiger partial charge in [-0.1, -0.05) is 11.3 Å². The van der Waals surface area contributed by atoms with Crippen molar-refractivity contribution in [1.82, 2.24) is 0 Å². The molecule has 0 radical (unpaired) electrons. The summed E-state index contributed by atoms with van der Waals surface area (Å²) in [5, 5.41) is 1.07. The van der Waals surface area contributed by atoms with Gasteiger partial charge >= 0.3 is 0 Å². The van der Waals surface area contributed by atoms with Gasteiger partial charge in [0.1, 0.15) is 0 Å². The summed E-state index contributed by atoms with van der Waals surface area (Å²) in [6, 6.07) is 0. The van der Waals surface area contributed by atoms with Gasteiger partial charge in [-0.3, -0.25) is 0 Å². The first-order chi connectivity index (χ1) is 7.00. The SMILES string of the molecule is C/C(=C/COC1CCCCO1)[Si](C)(C)O. The molecule has 1 saturated heterocycles. The van der Waals surface area contributed by atoms with E-state index in [4.69, 9.17) is 9.47 Å². The van der Waals surface area contributed by atoms with Gasteiger partial charge in [-0.15, -0.1) is 0 Å². The number of rotatable bonds is 4. The smallest absolute Gasteiger partial charge is 0.209 e. The average molecular weight is 230 g/mol. The highest BCUT2D eigenvalue weighted by Gasteiger charge is 2.19. The van der Waals surface area contributed by atoms with Crippen LogP contribution in [0.4, 0.5) is 0 Å². The lowest BCUT2D eigenvalue weighted by Crippen LogP contribution is -2.28. The Kier molecular flexibility index (Phi) is 4.98. The van der Waals surface area contributed by atoms with Gasteiger partial charge in [-0.05, 0) is 39.3 Å². The zero-order valence-corrected chi connectivity index (χ0v) is 11.0. The standard InChI is InChI=1S/C11H22O3Si/c1-10(15(2,3)12)7-9-14-11-6-4-5-8-13-11/h7,11-12H,4-6,8-9H2,1-3H3/b10-7-. The summed E-state index contributed by atoms with van der Waals surface area (Å²) in [5.41, 5.74) is 0. The van der Waals surface area contributed by atoms with E-state index in [1.807, 2.05) is 26.1 Å². The molecule has 1 heterocycles. The fourth-order valence-corrected chi connectivity index (χ4v) is 1.96. The topological polar surface area (TPSA) is 38.7 Å². The van der Waals surface area contributed by atoms with Crippen LogP contribution in [-0.4, -0.2) is 32.6 Å². The molecule has 0 aromatic rings. The number of hydrogen-bond donors (Lipinski definition) is 1. The third-order valence-electron chi connectivity index (χ3n) is 2.77. The Morgan fingerprint density at radius 1 is 1.53 bits per heavy atom. The largest absolute Gasteiger partial charge is 0.428 e. The second kappa shape index (κ2) is 5.79. The number of ether oxygens (including phenoxy) is 2. The molecule has 15 heavy (non-hydrogen) atoms. The van der Waals surface area contributed by atoms with Gasteiger partial charge in [-0.25, -0.2) is 0 Å². The molecule has 1 N–H and O–H groups in total. The normalized spacial score (nSPS) is 24.3. The predicted octanol–water partition coefficient (Wildman–Crippen LogP) is 2.21. The summed E-state index contributed by atoms with van der Waals surface area (Å²) in [6.07, 6.45) is 5.27. The molecule has 1 rings (SSSR count). The maximum absolute atomic E-state index is 9.81. The molecule has 0 amide bonds. The third-order valence-corrected chi connectivity index (χ3v) is 4.91. The zero-order chi connectivity index (χ0) is 11.3. The maximum atomic E-state index is 9.81. The van der Waals surface area contributed by atoms with Crippen LogP contribution in [0.25, 0.3) is 0 Å². The van der Waals surface area contributed by atoms with E-state index in [2.05, 4.69) is 0 Å². The van der Waals surface area contributed by atoms with E-state index >= 15 is 0 Å². The van der Waals surface area contributed by atoms with Gasteiger partial charge in [0.25, 0.3) is 0 Å². The molecule has 1 aliphatic rings. The molecule has 0 aliphatic carbocycles. The lowest BCUT2D eigenvalue weighted by molar-refractivity contribution is -0.155. The first-order valence-corrected chi connectivity index (χ1v) is 8.57. The molecule has 0 aromatic carbocycles. The van der Waals surface area contributed by atoms with Crippen molar-refractivity contribution < 1.29 is 14.3 Å². The van der Waals surface area contributed by atoms with Crippen LogP contribution in [0, 0.1) is 0 Å². The summed E-state index contributed by atoms with van der Waals surface area (Å²) >= 11 is 0. The van der Waals surface area contributed by atoms with Crippen LogP contribution in [0.15, 0.2) is 11.3 Å². The van der Waals surface area contributed by atoms with E-state index < -0.39 is 8.32 Å². The predicted molar refractivity (Wildman–Crippen MR) is 63.0 cm³/mol. The highest BCUT2D eigenvalue weighted by Crippen LogP contribution is 2.14. The van der Waals surface area contributed by atoms with Gasteiger partial charge in [0.15, 0.2) is 6.29 Å². The molecule has 1 atom stereocenters. The van der Waals surface area contributed by atoms with Crippen molar-refractivity contribution in [3.8, 4) is 0 Å². The summed E-state index contributed by atoms with van der Waals surface area (Å²) in [4.78, 5) is 9.81. The van der Waals surface area contributed by atoms with Crippen LogP contribution in [0.1, 0.15) is 26.2 Å². The molecule has 1 unspecified atom stereocenters. The first-order valence-electron chi connectivity index (χ1n) is 5.63. The minimum Gasteiger partial charge on any atom is -0.428 e. The second-order valence-corrected chi connectivity index (χ2v) is 8.48. The first kappa shape index (κ1) is 12.9. The second-order valence-electron chi connectivity index (χ2n) is 4.58. The van der Waals surface area contributed by atoms with Gasteiger partial charge in [0.2, 0.25) is 8.32 Å². The molecule has 88 valence electrons. The minimum atomic E-state index is -2.11. The van der Waals surface area contributed by atoms with Gasteiger partial charge in [0, 0.05) is 6.61 Å². The van der Waals surface area contributed by atoms with Crippen molar-refractivity contribution in [2.75, 3.05) is 13.2 Å². The highest BCUT2D eigenvalue weighted by atomic mass is 28.4. The van der Waals surface area contributed by atoms with E-state index in [-0.39, 0.29) is 6.29 Å². The van der Waals surface area contributed by atoms with Crippen molar-refractivity contribution in [1.29, 1.82) is 0 Å². The van der Waals surface area contributed by atoms with Crippen molar-refractivity contribution >= 4 is 8.32 Å². The van der Waals surface area contributed by atoms with E-state index in [9.17, 15) is 4.80 Å². The van der Waals surface area contributed by atoms with Crippen molar-refractivity contribution in [3.63, 3.8) is 0 Å². The highest BCUT2D eigenvalue weighted by molar-refractivity contribution is 6.77. The van der Waals surface area contributed by atoms with Crippen molar-refractivity contribution in [2.24, 2.45) is 0 Å². The van der Waals surface area contributed by atoms with Gasteiger partial charge < -0.3 is 14.3 Å². The molecule has 0 aromatic heterocycles. The molecular formula is C11H22O3Si. The summed E-state index contributed by atoms with van der Waals surface area (Å²) in [5.74, 6) is 0.